The second-order valence-corrected chi connectivity index (χ2v) is 12.0. The van der Waals surface area contributed by atoms with Crippen LogP contribution in [0, 0.1) is 0 Å². The van der Waals surface area contributed by atoms with E-state index in [1.165, 1.54) is 5.38 Å². The number of amides is 3. The van der Waals surface area contributed by atoms with Crippen LogP contribution in [-0.4, -0.2) is 88.9 Å². The van der Waals surface area contributed by atoms with Crippen LogP contribution in [0.15, 0.2) is 71.2 Å². The van der Waals surface area contributed by atoms with Crippen LogP contribution in [0.3, 0.4) is 0 Å². The molecule has 2 aromatic carbocycles. The van der Waals surface area contributed by atoms with Gasteiger partial charge in [-0.25, -0.2) is 9.78 Å². The number of rotatable bonds is 13. The van der Waals surface area contributed by atoms with Gasteiger partial charge in [0, 0.05) is 18.7 Å². The number of cyclic esters (lactones) is 1. The van der Waals surface area contributed by atoms with Crippen LogP contribution in [0.5, 0.6) is 0 Å². The van der Waals surface area contributed by atoms with E-state index in [1.54, 1.807) is 60.7 Å². The van der Waals surface area contributed by atoms with Crippen LogP contribution < -0.4 is 10.6 Å². The molecule has 0 saturated carbocycles. The number of carbonyl (C=O) groups excluding carboxylic acids is 6. The van der Waals surface area contributed by atoms with Crippen molar-refractivity contribution in [1.29, 1.82) is 0 Å². The molecule has 1 aromatic heterocycles. The Morgan fingerprint density at radius 1 is 1.08 bits per heavy atom. The van der Waals surface area contributed by atoms with Crippen LogP contribution in [0.2, 0.25) is 0 Å². The number of thiazole rings is 1. The quantitative estimate of drug-likeness (QED) is 0.0857. The summed E-state index contributed by atoms with van der Waals surface area (Å²) in [6, 6.07) is 17.6. The summed E-state index contributed by atoms with van der Waals surface area (Å²) < 4.78 is 16.7. The lowest BCUT2D eigenvalue weighted by Gasteiger charge is -2.35. The van der Waals surface area contributed by atoms with Crippen molar-refractivity contribution in [2.45, 2.75) is 37.1 Å². The zero-order chi connectivity index (χ0) is 35.9. The molecule has 50 heavy (non-hydrogen) atoms. The molecule has 16 nitrogen and oxygen atoms in total. The van der Waals surface area contributed by atoms with E-state index < -0.39 is 71.9 Å². The van der Waals surface area contributed by atoms with E-state index in [1.807, 2.05) is 0 Å². The summed E-state index contributed by atoms with van der Waals surface area (Å²) in [5.74, 6) is -5.76. The number of hydroxylamine groups is 2. The predicted molar refractivity (Wildman–Crippen MR) is 174 cm³/mol. The normalized spacial score (nSPS) is 20.3. The summed E-state index contributed by atoms with van der Waals surface area (Å²) in [6.07, 6.45) is -1.60. The molecule has 3 heterocycles. The van der Waals surface area contributed by atoms with Crippen molar-refractivity contribution in [3.63, 3.8) is 0 Å². The highest BCUT2D eigenvalue weighted by Crippen LogP contribution is 2.39. The summed E-state index contributed by atoms with van der Waals surface area (Å²) >= 11 is 6.50. The summed E-state index contributed by atoms with van der Waals surface area (Å²) in [6.45, 7) is -0.345. The van der Waals surface area contributed by atoms with E-state index in [2.05, 4.69) is 20.8 Å². The van der Waals surface area contributed by atoms with Crippen molar-refractivity contribution in [3.05, 3.63) is 82.9 Å². The van der Waals surface area contributed by atoms with E-state index in [9.17, 15) is 28.8 Å². The van der Waals surface area contributed by atoms with Gasteiger partial charge in [0.05, 0.1) is 6.42 Å². The maximum Gasteiger partial charge on any atom is 0.376 e. The number of esters is 3. The van der Waals surface area contributed by atoms with Gasteiger partial charge in [0.1, 0.15) is 31.9 Å². The van der Waals surface area contributed by atoms with Crippen molar-refractivity contribution in [2.24, 2.45) is 5.16 Å². The predicted octanol–water partition coefficient (Wildman–Crippen LogP) is 2.23. The molecule has 0 aliphatic carbocycles. The van der Waals surface area contributed by atoms with Gasteiger partial charge in [-0.2, -0.15) is 5.06 Å². The minimum atomic E-state index is -2.41. The number of anilines is 1. The molecule has 3 amide bonds. The van der Waals surface area contributed by atoms with E-state index in [0.29, 0.717) is 16.2 Å². The minimum Gasteiger partial charge on any atom is -0.463 e. The zero-order valence-electron chi connectivity index (χ0n) is 26.6. The fourth-order valence-corrected chi connectivity index (χ4v) is 5.87. The fourth-order valence-electron chi connectivity index (χ4n) is 5.09. The molecule has 18 heteroatoms. The molecular weight excluding hydrogens is 698 g/mol. The number of ether oxygens (including phenoxy) is 3. The molecular formula is C32H30ClN5O11S. The topological polar surface area (TPSA) is 201 Å². The average molecular weight is 728 g/mol. The van der Waals surface area contributed by atoms with E-state index in [-0.39, 0.29) is 29.5 Å². The summed E-state index contributed by atoms with van der Waals surface area (Å²) in [5.41, 5.74) is -3.87. The van der Waals surface area contributed by atoms with Gasteiger partial charge in [0.15, 0.2) is 22.5 Å². The molecule has 0 bridgehead atoms. The monoisotopic (exact) mass is 727 g/mol. The standard InChI is InChI=1S/C32H30ClN5O11S/c1-19(39)46-17-31(36-27(42)25(37-45-2)22-16-50-30(34-22)35-23(40)15-33)18-47-38(28(31)43)32(14-13-24(41)49-32)29(44)48-26(20-9-5-3-6-10-20)21-11-7-4-8-12-21/h3-12,16,26H,13-15,17-18H2,1-2H3,(H,36,42)(H,34,35,40)/b37-25-. The number of nitrogens with one attached hydrogen (secondary N) is 2. The lowest BCUT2D eigenvalue weighted by atomic mass is 9.98. The number of halogens is 1. The molecule has 2 N–H and O–H groups in total. The zero-order valence-corrected chi connectivity index (χ0v) is 28.2. The average Bonchev–Trinajstić information content (AvgIpc) is 3.83. The second-order valence-electron chi connectivity index (χ2n) is 10.9. The SMILES string of the molecule is CO/N=C(\C(=O)NC1(COC(C)=O)CON(C2(C(=O)OC(c3ccccc3)c3ccccc3)CCC(=O)O2)C1=O)c1csc(NC(=O)CCl)n1. The highest BCUT2D eigenvalue weighted by Gasteiger charge is 2.64. The van der Waals surface area contributed by atoms with Gasteiger partial charge in [-0.15, -0.1) is 22.9 Å². The third-order valence-electron chi connectivity index (χ3n) is 7.45. The van der Waals surface area contributed by atoms with Gasteiger partial charge in [-0.05, 0) is 11.1 Å². The molecule has 2 atom stereocenters. The van der Waals surface area contributed by atoms with Crippen LogP contribution in [0.4, 0.5) is 5.13 Å². The first-order valence-electron chi connectivity index (χ1n) is 14.9. The Hall–Kier alpha value is -5.39. The Labute approximate surface area is 293 Å². The number of carbonyl (C=O) groups is 6. The number of hydrogen-bond donors (Lipinski definition) is 2. The highest BCUT2D eigenvalue weighted by molar-refractivity contribution is 7.14. The van der Waals surface area contributed by atoms with Crippen LogP contribution in [0.25, 0.3) is 0 Å². The summed E-state index contributed by atoms with van der Waals surface area (Å²) in [4.78, 5) is 93.1. The van der Waals surface area contributed by atoms with Gasteiger partial charge in [-0.3, -0.25) is 28.8 Å². The maximum atomic E-state index is 14.3. The van der Waals surface area contributed by atoms with Crippen LogP contribution >= 0.6 is 22.9 Å². The molecule has 2 fully saturated rings. The third kappa shape index (κ3) is 7.59. The first-order chi connectivity index (χ1) is 24.0. The maximum absolute atomic E-state index is 14.3. The second kappa shape index (κ2) is 15.4. The van der Waals surface area contributed by atoms with Crippen molar-refractivity contribution in [1.82, 2.24) is 15.4 Å². The number of nitrogens with zero attached hydrogens (tertiary/aromatic N) is 3. The van der Waals surface area contributed by atoms with Crippen molar-refractivity contribution < 1.29 is 52.7 Å². The first-order valence-corrected chi connectivity index (χ1v) is 16.3. The number of alkyl halides is 1. The van der Waals surface area contributed by atoms with Crippen molar-refractivity contribution in [3.8, 4) is 0 Å². The molecule has 5 rings (SSSR count). The Bertz CT molecular complexity index is 1770. The van der Waals surface area contributed by atoms with Gasteiger partial charge < -0.3 is 29.7 Å². The number of benzene rings is 2. The minimum absolute atomic E-state index is 0.0530. The summed E-state index contributed by atoms with van der Waals surface area (Å²) in [7, 11) is 1.16. The lowest BCUT2D eigenvalue weighted by Crippen LogP contribution is -2.64. The molecule has 3 aromatic rings. The molecule has 262 valence electrons. The van der Waals surface area contributed by atoms with E-state index in [0.717, 1.165) is 25.4 Å². The Morgan fingerprint density at radius 2 is 1.74 bits per heavy atom. The van der Waals surface area contributed by atoms with Gasteiger partial charge in [0.2, 0.25) is 5.91 Å². The Morgan fingerprint density at radius 3 is 2.30 bits per heavy atom. The van der Waals surface area contributed by atoms with E-state index >= 15 is 0 Å². The molecule has 2 aliphatic rings. The molecule has 2 saturated heterocycles. The van der Waals surface area contributed by atoms with E-state index in [4.69, 9.17) is 35.5 Å². The fraction of sp³-hybridized carbons (Fsp3) is 0.312. The Balaban J connectivity index is 1.46. The number of oxime groups is 1. The lowest BCUT2D eigenvalue weighted by molar-refractivity contribution is -0.260. The molecule has 0 radical (unpaired) electrons. The van der Waals surface area contributed by atoms with Crippen LogP contribution in [0.1, 0.15) is 42.7 Å². The van der Waals surface area contributed by atoms with Crippen molar-refractivity contribution >= 4 is 69.4 Å². The summed E-state index contributed by atoms with van der Waals surface area (Å²) in [5, 5.41) is 10.7. The van der Waals surface area contributed by atoms with Crippen molar-refractivity contribution in [2.75, 3.05) is 31.5 Å². The molecule has 0 spiro atoms. The third-order valence-corrected chi connectivity index (χ3v) is 8.45. The van der Waals surface area contributed by atoms with Crippen LogP contribution in [-0.2, 0) is 52.7 Å². The van der Waals surface area contributed by atoms with Gasteiger partial charge in [-0.1, -0.05) is 65.8 Å². The highest BCUT2D eigenvalue weighted by atomic mass is 35.5. The Kier molecular flexibility index (Phi) is 11.1. The van der Waals surface area contributed by atoms with Gasteiger partial charge >= 0.3 is 23.6 Å². The largest absolute Gasteiger partial charge is 0.463 e. The first kappa shape index (κ1) is 35.9. The van der Waals surface area contributed by atoms with Gasteiger partial charge in [0.25, 0.3) is 11.8 Å². The molecule has 2 aliphatic heterocycles. The number of aromatic nitrogens is 1. The smallest absolute Gasteiger partial charge is 0.376 e. The number of hydrogen-bond acceptors (Lipinski definition) is 14. The molecule has 2 unspecified atom stereocenters.